The van der Waals surface area contributed by atoms with Gasteiger partial charge in [-0.2, -0.15) is 0 Å². The third-order valence-corrected chi connectivity index (χ3v) is 3.82. The maximum absolute atomic E-state index is 12.1. The summed E-state index contributed by atoms with van der Waals surface area (Å²) in [7, 11) is 0. The number of benzene rings is 2. The lowest BCUT2D eigenvalue weighted by atomic mass is 10.0. The van der Waals surface area contributed by atoms with Gasteiger partial charge in [-0.05, 0) is 43.5 Å². The van der Waals surface area contributed by atoms with Crippen LogP contribution in [0.5, 0.6) is 0 Å². The van der Waals surface area contributed by atoms with Crippen molar-refractivity contribution in [3.05, 3.63) is 70.3 Å². The van der Waals surface area contributed by atoms with E-state index in [0.29, 0.717) is 5.56 Å². The molecule has 0 fully saturated rings. The Morgan fingerprint density at radius 3 is 2.30 bits per heavy atom. The number of carboxylic acid groups (broad SMARTS) is 1. The van der Waals surface area contributed by atoms with Gasteiger partial charge >= 0.3 is 11.9 Å². The molecule has 0 saturated heterocycles. The summed E-state index contributed by atoms with van der Waals surface area (Å²) in [6, 6.07) is 12.7. The van der Waals surface area contributed by atoms with Crippen molar-refractivity contribution < 1.29 is 19.4 Å². The molecule has 120 valence electrons. The zero-order chi connectivity index (χ0) is 17.0. The topological polar surface area (TPSA) is 63.6 Å². The smallest absolute Gasteiger partial charge is 0.338 e. The summed E-state index contributed by atoms with van der Waals surface area (Å²) in [5, 5.41) is 8.98. The number of hydrogen-bond donors (Lipinski definition) is 1. The molecule has 1 N–H and O–H groups in total. The van der Waals surface area contributed by atoms with Crippen LogP contribution < -0.4 is 0 Å². The fourth-order valence-electron chi connectivity index (χ4n) is 2.31. The van der Waals surface area contributed by atoms with Crippen molar-refractivity contribution in [1.29, 1.82) is 0 Å². The Morgan fingerprint density at radius 1 is 1.09 bits per heavy atom. The molecule has 0 bridgehead atoms. The van der Waals surface area contributed by atoms with Crippen LogP contribution >= 0.6 is 0 Å². The number of carbonyl (C=O) groups excluding carboxylic acids is 1. The van der Waals surface area contributed by atoms with Gasteiger partial charge in [0, 0.05) is 0 Å². The molecule has 4 heteroatoms. The number of aliphatic carboxylic acids is 1. The molecule has 2 aromatic rings. The highest BCUT2D eigenvalue weighted by Gasteiger charge is 2.14. The van der Waals surface area contributed by atoms with Crippen LogP contribution in [-0.2, 0) is 16.1 Å². The molecule has 0 unspecified atom stereocenters. The predicted octanol–water partition coefficient (Wildman–Crippen LogP) is 3.85. The van der Waals surface area contributed by atoms with Crippen LogP contribution in [0.1, 0.15) is 45.5 Å². The SMILES string of the molecule is Cc1ccc(C(=O)OCc2ccc([C@H](C)C(=O)O)cc2)c(C)c1. The van der Waals surface area contributed by atoms with Gasteiger partial charge in [-0.1, -0.05) is 42.0 Å². The van der Waals surface area contributed by atoms with Crippen molar-refractivity contribution in [2.45, 2.75) is 33.3 Å². The molecule has 0 saturated carbocycles. The third-order valence-electron chi connectivity index (χ3n) is 3.82. The first-order valence-electron chi connectivity index (χ1n) is 7.44. The average Bonchev–Trinajstić information content (AvgIpc) is 2.52. The lowest BCUT2D eigenvalue weighted by Gasteiger charge is -2.10. The zero-order valence-electron chi connectivity index (χ0n) is 13.5. The molecule has 2 aromatic carbocycles. The van der Waals surface area contributed by atoms with E-state index < -0.39 is 11.9 Å². The van der Waals surface area contributed by atoms with Crippen LogP contribution in [0.3, 0.4) is 0 Å². The summed E-state index contributed by atoms with van der Waals surface area (Å²) in [6.45, 7) is 5.65. The molecule has 0 radical (unpaired) electrons. The van der Waals surface area contributed by atoms with Gasteiger partial charge in [0.25, 0.3) is 0 Å². The maximum Gasteiger partial charge on any atom is 0.338 e. The highest BCUT2D eigenvalue weighted by molar-refractivity contribution is 5.91. The Hall–Kier alpha value is -2.62. The number of rotatable bonds is 5. The average molecular weight is 312 g/mol. The Bertz CT molecular complexity index is 717. The fraction of sp³-hybridized carbons (Fsp3) is 0.263. The van der Waals surface area contributed by atoms with E-state index in [0.717, 1.165) is 22.3 Å². The van der Waals surface area contributed by atoms with E-state index in [1.165, 1.54) is 0 Å². The monoisotopic (exact) mass is 312 g/mol. The normalized spacial score (nSPS) is 11.8. The van der Waals surface area contributed by atoms with Gasteiger partial charge in [0.15, 0.2) is 0 Å². The van der Waals surface area contributed by atoms with E-state index in [1.54, 1.807) is 37.3 Å². The number of esters is 1. The number of aryl methyl sites for hydroxylation is 2. The number of hydrogen-bond acceptors (Lipinski definition) is 3. The summed E-state index contributed by atoms with van der Waals surface area (Å²) < 4.78 is 5.33. The Balaban J connectivity index is 2.00. The summed E-state index contributed by atoms with van der Waals surface area (Å²) >= 11 is 0. The maximum atomic E-state index is 12.1. The van der Waals surface area contributed by atoms with Crippen molar-refractivity contribution >= 4 is 11.9 Å². The van der Waals surface area contributed by atoms with E-state index in [-0.39, 0.29) is 12.6 Å². The molecule has 2 rings (SSSR count). The summed E-state index contributed by atoms with van der Waals surface area (Å²) in [4.78, 5) is 23.1. The van der Waals surface area contributed by atoms with Gasteiger partial charge in [0.1, 0.15) is 6.61 Å². The van der Waals surface area contributed by atoms with Crippen LogP contribution in [-0.4, -0.2) is 17.0 Å². The largest absolute Gasteiger partial charge is 0.481 e. The molecular formula is C19H20O4. The Morgan fingerprint density at radius 2 is 1.74 bits per heavy atom. The van der Waals surface area contributed by atoms with Crippen molar-refractivity contribution in [3.63, 3.8) is 0 Å². The minimum Gasteiger partial charge on any atom is -0.481 e. The Labute approximate surface area is 135 Å². The predicted molar refractivity (Wildman–Crippen MR) is 87.5 cm³/mol. The Kier molecular flexibility index (Phi) is 5.16. The molecule has 0 heterocycles. The second-order valence-electron chi connectivity index (χ2n) is 5.70. The first-order valence-corrected chi connectivity index (χ1v) is 7.44. The standard InChI is InChI=1S/C19H20O4/c1-12-4-9-17(13(2)10-12)19(22)23-11-15-5-7-16(8-6-15)14(3)18(20)21/h4-10,14H,11H2,1-3H3,(H,20,21)/t14-/m0/s1. The van der Waals surface area contributed by atoms with E-state index in [4.69, 9.17) is 9.84 Å². The highest BCUT2D eigenvalue weighted by Crippen LogP contribution is 2.17. The van der Waals surface area contributed by atoms with E-state index in [9.17, 15) is 9.59 Å². The van der Waals surface area contributed by atoms with Crippen molar-refractivity contribution in [2.24, 2.45) is 0 Å². The van der Waals surface area contributed by atoms with Gasteiger partial charge in [-0.15, -0.1) is 0 Å². The van der Waals surface area contributed by atoms with Gasteiger partial charge < -0.3 is 9.84 Å². The van der Waals surface area contributed by atoms with E-state index >= 15 is 0 Å². The van der Waals surface area contributed by atoms with E-state index in [1.807, 2.05) is 26.0 Å². The molecule has 0 spiro atoms. The van der Waals surface area contributed by atoms with Crippen molar-refractivity contribution in [3.8, 4) is 0 Å². The fourth-order valence-corrected chi connectivity index (χ4v) is 2.31. The minimum atomic E-state index is -0.862. The molecule has 4 nitrogen and oxygen atoms in total. The highest BCUT2D eigenvalue weighted by atomic mass is 16.5. The molecule has 0 amide bonds. The van der Waals surface area contributed by atoms with E-state index in [2.05, 4.69) is 0 Å². The lowest BCUT2D eigenvalue weighted by Crippen LogP contribution is -2.08. The molecule has 0 aromatic heterocycles. The first kappa shape index (κ1) is 16.7. The van der Waals surface area contributed by atoms with Crippen LogP contribution in [0.25, 0.3) is 0 Å². The quantitative estimate of drug-likeness (QED) is 0.852. The molecule has 0 aliphatic carbocycles. The first-order chi connectivity index (χ1) is 10.9. The molecular weight excluding hydrogens is 292 g/mol. The molecule has 23 heavy (non-hydrogen) atoms. The van der Waals surface area contributed by atoms with Gasteiger partial charge in [0.2, 0.25) is 0 Å². The second-order valence-corrected chi connectivity index (χ2v) is 5.70. The van der Waals surface area contributed by atoms with Crippen LogP contribution in [0, 0.1) is 13.8 Å². The number of carbonyl (C=O) groups is 2. The van der Waals surface area contributed by atoms with Gasteiger partial charge in [-0.3, -0.25) is 4.79 Å². The zero-order valence-corrected chi connectivity index (χ0v) is 13.5. The second kappa shape index (κ2) is 7.09. The number of ether oxygens (including phenoxy) is 1. The molecule has 1 atom stereocenters. The summed E-state index contributed by atoms with van der Waals surface area (Å²) in [5.41, 5.74) is 4.10. The summed E-state index contributed by atoms with van der Waals surface area (Å²) in [6.07, 6.45) is 0. The lowest BCUT2D eigenvalue weighted by molar-refractivity contribution is -0.138. The van der Waals surface area contributed by atoms with Crippen molar-refractivity contribution in [2.75, 3.05) is 0 Å². The number of carboxylic acids is 1. The van der Waals surface area contributed by atoms with Gasteiger partial charge in [-0.25, -0.2) is 4.79 Å². The summed E-state index contributed by atoms with van der Waals surface area (Å²) in [5.74, 6) is -1.77. The van der Waals surface area contributed by atoms with Crippen LogP contribution in [0.2, 0.25) is 0 Å². The minimum absolute atomic E-state index is 0.161. The van der Waals surface area contributed by atoms with Gasteiger partial charge in [0.05, 0.1) is 11.5 Å². The molecule has 0 aliphatic rings. The molecule has 0 aliphatic heterocycles. The van der Waals surface area contributed by atoms with Crippen LogP contribution in [0.4, 0.5) is 0 Å². The third kappa shape index (κ3) is 4.19. The van der Waals surface area contributed by atoms with Crippen molar-refractivity contribution in [1.82, 2.24) is 0 Å². The van der Waals surface area contributed by atoms with Crippen LogP contribution in [0.15, 0.2) is 42.5 Å².